The number of halogens is 1. The van der Waals surface area contributed by atoms with E-state index >= 15 is 0 Å². The topological polar surface area (TPSA) is 58.2 Å². The van der Waals surface area contributed by atoms with Gasteiger partial charge in [-0.25, -0.2) is 0 Å². The first-order chi connectivity index (χ1) is 11.1. The van der Waals surface area contributed by atoms with Crippen LogP contribution in [0.15, 0.2) is 53.4 Å². The second-order valence-electron chi connectivity index (χ2n) is 4.80. The van der Waals surface area contributed by atoms with Crippen LogP contribution < -0.4 is 10.6 Å². The summed E-state index contributed by atoms with van der Waals surface area (Å²) in [6, 6.07) is 14.5. The molecule has 0 atom stereocenters. The third-order valence-corrected chi connectivity index (χ3v) is 4.38. The second-order valence-corrected chi connectivity index (χ2v) is 6.28. The number of hydrogen-bond acceptors (Lipinski definition) is 3. The fraction of sp³-hybridized carbons (Fsp3) is 0.176. The average molecular weight is 349 g/mol. The average Bonchev–Trinajstić information content (AvgIpc) is 2.59. The molecule has 0 radical (unpaired) electrons. The fourth-order valence-electron chi connectivity index (χ4n) is 1.85. The summed E-state index contributed by atoms with van der Waals surface area (Å²) in [6.45, 7) is 0.439. The van der Waals surface area contributed by atoms with Gasteiger partial charge in [-0.3, -0.25) is 9.59 Å². The molecule has 0 aliphatic heterocycles. The summed E-state index contributed by atoms with van der Waals surface area (Å²) in [5.74, 6) is 0.179. The van der Waals surface area contributed by atoms with E-state index in [1.807, 2.05) is 24.3 Å². The summed E-state index contributed by atoms with van der Waals surface area (Å²) in [7, 11) is 1.59. The molecule has 2 N–H and O–H groups in total. The highest BCUT2D eigenvalue weighted by Gasteiger charge is 2.05. The van der Waals surface area contributed by atoms with E-state index in [4.69, 9.17) is 11.6 Å². The second kappa shape index (κ2) is 8.60. The zero-order valence-corrected chi connectivity index (χ0v) is 14.2. The number of thioether (sulfide) groups is 1. The van der Waals surface area contributed by atoms with Crippen LogP contribution in [0.25, 0.3) is 0 Å². The smallest absolute Gasteiger partial charge is 0.251 e. The standard InChI is InChI=1S/C17H17ClN2O2S/c1-19-17(22)13-4-2-12(3-5-13)10-20-16(21)11-23-15-8-6-14(18)7-9-15/h2-9H,10-11H2,1H3,(H,19,22)(H,20,21). The molecule has 6 heteroatoms. The van der Waals surface area contributed by atoms with Crippen molar-refractivity contribution in [3.05, 3.63) is 64.7 Å². The molecular weight excluding hydrogens is 332 g/mol. The summed E-state index contributed by atoms with van der Waals surface area (Å²) >= 11 is 7.28. The lowest BCUT2D eigenvalue weighted by Crippen LogP contribution is -2.24. The number of carbonyl (C=O) groups is 2. The highest BCUT2D eigenvalue weighted by atomic mass is 35.5. The molecule has 2 amide bonds. The van der Waals surface area contributed by atoms with E-state index in [1.165, 1.54) is 11.8 Å². The van der Waals surface area contributed by atoms with E-state index in [0.29, 0.717) is 22.9 Å². The SMILES string of the molecule is CNC(=O)c1ccc(CNC(=O)CSc2ccc(Cl)cc2)cc1. The minimum Gasteiger partial charge on any atom is -0.355 e. The molecule has 23 heavy (non-hydrogen) atoms. The van der Waals surface area contributed by atoms with Crippen LogP contribution in [0.5, 0.6) is 0 Å². The minimum atomic E-state index is -0.125. The van der Waals surface area contributed by atoms with Crippen LogP contribution >= 0.6 is 23.4 Å². The van der Waals surface area contributed by atoms with Gasteiger partial charge in [0.05, 0.1) is 5.75 Å². The molecule has 0 aliphatic carbocycles. The Labute approximate surface area is 144 Å². The molecule has 0 aliphatic rings. The molecule has 0 heterocycles. The van der Waals surface area contributed by atoms with E-state index < -0.39 is 0 Å². The van der Waals surface area contributed by atoms with Crippen molar-refractivity contribution in [2.75, 3.05) is 12.8 Å². The molecule has 0 spiro atoms. The molecule has 0 unspecified atom stereocenters. The van der Waals surface area contributed by atoms with Crippen LogP contribution in [0.3, 0.4) is 0 Å². The molecule has 0 fully saturated rings. The molecule has 0 saturated carbocycles. The molecule has 4 nitrogen and oxygen atoms in total. The van der Waals surface area contributed by atoms with Crippen LogP contribution in [-0.4, -0.2) is 24.6 Å². The summed E-state index contributed by atoms with van der Waals surface area (Å²) in [5, 5.41) is 6.10. The minimum absolute atomic E-state index is 0.0414. The van der Waals surface area contributed by atoms with Gasteiger partial charge in [-0.1, -0.05) is 23.7 Å². The van der Waals surface area contributed by atoms with Crippen LogP contribution in [0.4, 0.5) is 0 Å². The van der Waals surface area contributed by atoms with E-state index in [1.54, 1.807) is 31.3 Å². The number of hydrogen-bond donors (Lipinski definition) is 2. The van der Waals surface area contributed by atoms with E-state index in [0.717, 1.165) is 10.5 Å². The molecule has 0 saturated heterocycles. The van der Waals surface area contributed by atoms with Gasteiger partial charge in [-0.15, -0.1) is 11.8 Å². The van der Waals surface area contributed by atoms with Crippen LogP contribution in [0.2, 0.25) is 5.02 Å². The van der Waals surface area contributed by atoms with E-state index in [-0.39, 0.29) is 11.8 Å². The molecule has 0 bridgehead atoms. The van der Waals surface area contributed by atoms with Gasteiger partial charge in [0.15, 0.2) is 0 Å². The molecule has 120 valence electrons. The van der Waals surface area contributed by atoms with Gasteiger partial charge in [0, 0.05) is 29.1 Å². The Hall–Kier alpha value is -1.98. The van der Waals surface area contributed by atoms with Crippen molar-refractivity contribution in [1.82, 2.24) is 10.6 Å². The van der Waals surface area contributed by atoms with E-state index in [9.17, 15) is 9.59 Å². The maximum atomic E-state index is 11.9. The molecule has 2 aromatic rings. The van der Waals surface area contributed by atoms with Crippen molar-refractivity contribution in [2.24, 2.45) is 0 Å². The Morgan fingerprint density at radius 1 is 1.04 bits per heavy atom. The van der Waals surface area contributed by atoms with Crippen LogP contribution in [-0.2, 0) is 11.3 Å². The Balaban J connectivity index is 1.77. The lowest BCUT2D eigenvalue weighted by Gasteiger charge is -2.06. The molecule has 2 rings (SSSR count). The first-order valence-corrected chi connectivity index (χ1v) is 8.41. The Kier molecular flexibility index (Phi) is 6.50. The Bertz CT molecular complexity index is 672. The van der Waals surface area contributed by atoms with Gasteiger partial charge >= 0.3 is 0 Å². The maximum Gasteiger partial charge on any atom is 0.251 e. The number of benzene rings is 2. The van der Waals surface area contributed by atoms with Crippen LogP contribution in [0, 0.1) is 0 Å². The third kappa shape index (κ3) is 5.62. The molecular formula is C17H17ClN2O2S. The lowest BCUT2D eigenvalue weighted by atomic mass is 10.1. The Morgan fingerprint density at radius 2 is 1.70 bits per heavy atom. The predicted molar refractivity (Wildman–Crippen MR) is 93.9 cm³/mol. The van der Waals surface area contributed by atoms with Gasteiger partial charge in [0.25, 0.3) is 5.91 Å². The largest absolute Gasteiger partial charge is 0.355 e. The maximum absolute atomic E-state index is 11.9. The van der Waals surface area contributed by atoms with Gasteiger partial charge in [0.1, 0.15) is 0 Å². The predicted octanol–water partition coefficient (Wildman–Crippen LogP) is 3.11. The van der Waals surface area contributed by atoms with Crippen LogP contribution in [0.1, 0.15) is 15.9 Å². The van der Waals surface area contributed by atoms with E-state index in [2.05, 4.69) is 10.6 Å². The first-order valence-electron chi connectivity index (χ1n) is 7.04. The van der Waals surface area contributed by atoms with Gasteiger partial charge < -0.3 is 10.6 Å². The van der Waals surface area contributed by atoms with Crippen molar-refractivity contribution in [2.45, 2.75) is 11.4 Å². The zero-order chi connectivity index (χ0) is 16.7. The van der Waals surface area contributed by atoms with Crippen molar-refractivity contribution in [3.63, 3.8) is 0 Å². The third-order valence-electron chi connectivity index (χ3n) is 3.12. The van der Waals surface area contributed by atoms with Gasteiger partial charge in [-0.2, -0.15) is 0 Å². The fourth-order valence-corrected chi connectivity index (χ4v) is 2.70. The number of rotatable bonds is 6. The van der Waals surface area contributed by atoms with Crippen molar-refractivity contribution >= 4 is 35.2 Å². The number of nitrogens with one attached hydrogen (secondary N) is 2. The van der Waals surface area contributed by atoms with Gasteiger partial charge in [0.2, 0.25) is 5.91 Å². The highest BCUT2D eigenvalue weighted by Crippen LogP contribution is 2.19. The summed E-state index contributed by atoms with van der Waals surface area (Å²) in [5.41, 5.74) is 1.54. The van der Waals surface area contributed by atoms with Crippen molar-refractivity contribution in [3.8, 4) is 0 Å². The zero-order valence-electron chi connectivity index (χ0n) is 12.6. The molecule has 0 aromatic heterocycles. The van der Waals surface area contributed by atoms with Gasteiger partial charge in [-0.05, 0) is 42.0 Å². The van der Waals surface area contributed by atoms with Crippen molar-refractivity contribution in [1.29, 1.82) is 0 Å². The summed E-state index contributed by atoms with van der Waals surface area (Å²) < 4.78 is 0. The van der Waals surface area contributed by atoms with Crippen molar-refractivity contribution < 1.29 is 9.59 Å². The summed E-state index contributed by atoms with van der Waals surface area (Å²) in [4.78, 5) is 24.3. The monoisotopic (exact) mass is 348 g/mol. The first kappa shape index (κ1) is 17.4. The number of amides is 2. The quantitative estimate of drug-likeness (QED) is 0.789. The Morgan fingerprint density at radius 3 is 2.30 bits per heavy atom. The summed E-state index contributed by atoms with van der Waals surface area (Å²) in [6.07, 6.45) is 0. The number of carbonyl (C=O) groups excluding carboxylic acids is 2. The normalized spacial score (nSPS) is 10.2. The highest BCUT2D eigenvalue weighted by molar-refractivity contribution is 8.00. The lowest BCUT2D eigenvalue weighted by molar-refractivity contribution is -0.118. The molecule has 2 aromatic carbocycles.